The van der Waals surface area contributed by atoms with Crippen LogP contribution < -0.4 is 14.8 Å². The van der Waals surface area contributed by atoms with E-state index in [9.17, 15) is 13.2 Å². The first-order chi connectivity index (χ1) is 10.4. The number of hydrogen-bond acceptors (Lipinski definition) is 6. The highest BCUT2D eigenvalue weighted by molar-refractivity contribution is 5.91. The first kappa shape index (κ1) is 16.1. The summed E-state index contributed by atoms with van der Waals surface area (Å²) < 4.78 is 48.8. The molecule has 0 aliphatic rings. The lowest BCUT2D eigenvalue weighted by Crippen LogP contribution is -2.15. The zero-order valence-corrected chi connectivity index (χ0v) is 11.9. The van der Waals surface area contributed by atoms with Crippen LogP contribution in [0.15, 0.2) is 12.1 Å². The predicted molar refractivity (Wildman–Crippen MR) is 73.2 cm³/mol. The predicted octanol–water partition coefficient (Wildman–Crippen LogP) is 2.07. The van der Waals surface area contributed by atoms with Crippen LogP contribution in [0.4, 0.5) is 19.0 Å². The van der Waals surface area contributed by atoms with Gasteiger partial charge in [0.15, 0.2) is 11.5 Å². The van der Waals surface area contributed by atoms with Crippen molar-refractivity contribution in [1.29, 1.82) is 0 Å². The van der Waals surface area contributed by atoms with Gasteiger partial charge in [-0.15, -0.1) is 0 Å². The van der Waals surface area contributed by atoms with E-state index in [4.69, 9.17) is 14.6 Å². The molecule has 0 saturated carbocycles. The molecule has 1 aromatic heterocycles. The number of alkyl halides is 3. The van der Waals surface area contributed by atoms with Crippen molar-refractivity contribution in [2.75, 3.05) is 32.7 Å². The highest BCUT2D eigenvalue weighted by Gasteiger charge is 2.35. The summed E-state index contributed by atoms with van der Waals surface area (Å²) in [7, 11) is 2.79. The van der Waals surface area contributed by atoms with E-state index in [1.165, 1.54) is 26.4 Å². The Balaban J connectivity index is 2.70. The van der Waals surface area contributed by atoms with Crippen molar-refractivity contribution in [2.45, 2.75) is 6.18 Å². The SMILES string of the molecule is COc1cc2nc(C(F)(F)F)nc(NCCO)c2cc1OC. The number of ether oxygens (including phenoxy) is 2. The van der Waals surface area contributed by atoms with Gasteiger partial charge in [-0.25, -0.2) is 9.97 Å². The van der Waals surface area contributed by atoms with Crippen LogP contribution in [0.1, 0.15) is 5.82 Å². The standard InChI is InChI=1S/C13H14F3N3O3/c1-21-9-5-7-8(6-10(9)22-2)18-12(13(14,15)16)19-11(7)17-3-4-20/h5-6,20H,3-4H2,1-2H3,(H,17,18,19). The van der Waals surface area contributed by atoms with Crippen LogP contribution in [0, 0.1) is 0 Å². The topological polar surface area (TPSA) is 76.5 Å². The van der Waals surface area contributed by atoms with Gasteiger partial charge in [-0.3, -0.25) is 0 Å². The molecule has 0 aliphatic carbocycles. The van der Waals surface area contributed by atoms with E-state index in [1.54, 1.807) is 0 Å². The summed E-state index contributed by atoms with van der Waals surface area (Å²) in [5.74, 6) is -0.708. The molecule has 0 fully saturated rings. The van der Waals surface area contributed by atoms with Crippen LogP contribution >= 0.6 is 0 Å². The fourth-order valence-electron chi connectivity index (χ4n) is 1.89. The number of aliphatic hydroxyl groups is 1. The van der Waals surface area contributed by atoms with Crippen molar-refractivity contribution < 1.29 is 27.8 Å². The van der Waals surface area contributed by atoms with Crippen molar-refractivity contribution in [3.8, 4) is 11.5 Å². The van der Waals surface area contributed by atoms with Crippen LogP contribution in [0.3, 0.4) is 0 Å². The molecule has 0 aliphatic heterocycles. The fourth-order valence-corrected chi connectivity index (χ4v) is 1.89. The van der Waals surface area contributed by atoms with Crippen molar-refractivity contribution >= 4 is 16.7 Å². The van der Waals surface area contributed by atoms with E-state index in [1.807, 2.05) is 0 Å². The molecule has 0 bridgehead atoms. The number of hydrogen-bond donors (Lipinski definition) is 2. The Labute approximate surface area is 123 Å². The number of anilines is 1. The second-order valence-electron chi connectivity index (χ2n) is 4.27. The Morgan fingerprint density at radius 2 is 1.77 bits per heavy atom. The maximum absolute atomic E-state index is 12.9. The fraction of sp³-hybridized carbons (Fsp3) is 0.385. The van der Waals surface area contributed by atoms with Gasteiger partial charge in [0.05, 0.1) is 26.3 Å². The van der Waals surface area contributed by atoms with E-state index >= 15 is 0 Å². The first-order valence-electron chi connectivity index (χ1n) is 6.26. The summed E-state index contributed by atoms with van der Waals surface area (Å²) in [6, 6.07) is 2.82. The maximum atomic E-state index is 12.9. The number of nitrogens with one attached hydrogen (secondary N) is 1. The minimum atomic E-state index is -4.68. The molecule has 0 spiro atoms. The minimum Gasteiger partial charge on any atom is -0.493 e. The molecule has 120 valence electrons. The van der Waals surface area contributed by atoms with Gasteiger partial charge < -0.3 is 19.9 Å². The average molecular weight is 317 g/mol. The second kappa shape index (κ2) is 6.22. The average Bonchev–Trinajstić information content (AvgIpc) is 2.49. The van der Waals surface area contributed by atoms with Gasteiger partial charge in [0, 0.05) is 18.0 Å². The number of methoxy groups -OCH3 is 2. The molecule has 1 heterocycles. The third kappa shape index (κ3) is 3.14. The molecule has 2 N–H and O–H groups in total. The van der Waals surface area contributed by atoms with Gasteiger partial charge in [-0.05, 0) is 6.07 Å². The molecule has 0 radical (unpaired) electrons. The number of rotatable bonds is 5. The molecule has 0 atom stereocenters. The molecule has 9 heteroatoms. The molecule has 0 unspecified atom stereocenters. The van der Waals surface area contributed by atoms with E-state index in [2.05, 4.69) is 15.3 Å². The largest absolute Gasteiger partial charge is 0.493 e. The molecule has 6 nitrogen and oxygen atoms in total. The number of fused-ring (bicyclic) bond motifs is 1. The Bertz CT molecular complexity index is 677. The van der Waals surface area contributed by atoms with Crippen molar-refractivity contribution in [2.24, 2.45) is 0 Å². The summed E-state index contributed by atoms with van der Waals surface area (Å²) in [6.07, 6.45) is -4.68. The Morgan fingerprint density at radius 1 is 1.14 bits per heavy atom. The van der Waals surface area contributed by atoms with Crippen LogP contribution in [-0.2, 0) is 6.18 Å². The quantitative estimate of drug-likeness (QED) is 0.879. The third-order valence-electron chi connectivity index (χ3n) is 2.86. The number of nitrogens with zero attached hydrogens (tertiary/aromatic N) is 2. The molecule has 2 aromatic rings. The van der Waals surface area contributed by atoms with Gasteiger partial charge in [-0.1, -0.05) is 0 Å². The highest BCUT2D eigenvalue weighted by atomic mass is 19.4. The normalized spacial score (nSPS) is 11.5. The maximum Gasteiger partial charge on any atom is 0.451 e. The lowest BCUT2D eigenvalue weighted by Gasteiger charge is -2.14. The van der Waals surface area contributed by atoms with Crippen molar-refractivity contribution in [3.05, 3.63) is 18.0 Å². The summed E-state index contributed by atoms with van der Waals surface area (Å²) in [4.78, 5) is 7.01. The molecule has 2 rings (SSSR count). The monoisotopic (exact) mass is 317 g/mol. The van der Waals surface area contributed by atoms with Crippen LogP contribution in [0.2, 0.25) is 0 Å². The molecule has 1 aromatic carbocycles. The minimum absolute atomic E-state index is 0.0349. The highest BCUT2D eigenvalue weighted by Crippen LogP contribution is 2.36. The molecule has 22 heavy (non-hydrogen) atoms. The van der Waals surface area contributed by atoms with E-state index < -0.39 is 12.0 Å². The van der Waals surface area contributed by atoms with Gasteiger partial charge in [-0.2, -0.15) is 13.2 Å². The van der Waals surface area contributed by atoms with Crippen LogP contribution in [-0.4, -0.2) is 42.4 Å². The second-order valence-corrected chi connectivity index (χ2v) is 4.27. The number of halogens is 3. The van der Waals surface area contributed by atoms with Gasteiger partial charge in [0.2, 0.25) is 5.82 Å². The smallest absolute Gasteiger partial charge is 0.451 e. The molecular formula is C13H14F3N3O3. The first-order valence-corrected chi connectivity index (χ1v) is 6.26. The van der Waals surface area contributed by atoms with Crippen LogP contribution in [0.5, 0.6) is 11.5 Å². The summed E-state index contributed by atoms with van der Waals surface area (Å²) in [5.41, 5.74) is 0.0559. The summed E-state index contributed by atoms with van der Waals surface area (Å²) >= 11 is 0. The molecule has 0 amide bonds. The van der Waals surface area contributed by atoms with Crippen molar-refractivity contribution in [1.82, 2.24) is 9.97 Å². The van der Waals surface area contributed by atoms with E-state index in [0.29, 0.717) is 11.1 Å². The number of aliphatic hydroxyl groups excluding tert-OH is 1. The van der Waals surface area contributed by atoms with Crippen molar-refractivity contribution in [3.63, 3.8) is 0 Å². The zero-order valence-electron chi connectivity index (χ0n) is 11.9. The Kier molecular flexibility index (Phi) is 4.55. The molecule has 0 saturated heterocycles. The zero-order chi connectivity index (χ0) is 16.3. The van der Waals surface area contributed by atoms with Gasteiger partial charge in [0.25, 0.3) is 0 Å². The summed E-state index contributed by atoms with van der Waals surface area (Å²) in [6.45, 7) is -0.197. The Morgan fingerprint density at radius 3 is 2.32 bits per heavy atom. The number of benzene rings is 1. The lowest BCUT2D eigenvalue weighted by atomic mass is 10.2. The van der Waals surface area contributed by atoms with Gasteiger partial charge >= 0.3 is 6.18 Å². The number of aromatic nitrogens is 2. The Hall–Kier alpha value is -2.29. The van der Waals surface area contributed by atoms with E-state index in [0.717, 1.165) is 0 Å². The van der Waals surface area contributed by atoms with Crippen LogP contribution in [0.25, 0.3) is 10.9 Å². The molecular weight excluding hydrogens is 303 g/mol. The van der Waals surface area contributed by atoms with E-state index in [-0.39, 0.29) is 30.2 Å². The third-order valence-corrected chi connectivity index (χ3v) is 2.86. The lowest BCUT2D eigenvalue weighted by molar-refractivity contribution is -0.144. The van der Waals surface area contributed by atoms with Gasteiger partial charge in [0.1, 0.15) is 5.82 Å². The summed E-state index contributed by atoms with van der Waals surface area (Å²) in [5, 5.41) is 11.8.